The van der Waals surface area contributed by atoms with E-state index in [0.717, 1.165) is 30.5 Å². The van der Waals surface area contributed by atoms with Crippen molar-refractivity contribution >= 4 is 17.7 Å². The Labute approximate surface area is 152 Å². The highest BCUT2D eigenvalue weighted by Gasteiger charge is 2.38. The molecule has 132 valence electrons. The largest absolute Gasteiger partial charge is 0.335 e. The van der Waals surface area contributed by atoms with Crippen LogP contribution >= 0.6 is 11.8 Å². The maximum absolute atomic E-state index is 13.1. The number of rotatable bonds is 3. The summed E-state index contributed by atoms with van der Waals surface area (Å²) in [5.41, 5.74) is 0. The molecule has 0 spiro atoms. The smallest absolute Gasteiger partial charge is 0.225 e. The predicted octanol–water partition coefficient (Wildman–Crippen LogP) is 3.45. The van der Waals surface area contributed by atoms with Gasteiger partial charge in [0, 0.05) is 54.3 Å². The van der Waals surface area contributed by atoms with Crippen molar-refractivity contribution in [1.82, 2.24) is 14.9 Å². The summed E-state index contributed by atoms with van der Waals surface area (Å²) in [5.74, 6) is 0.679. The van der Waals surface area contributed by atoms with Crippen LogP contribution in [-0.2, 0) is 0 Å². The van der Waals surface area contributed by atoms with E-state index >= 15 is 0 Å². The first-order valence-corrected chi connectivity index (χ1v) is 9.78. The normalized spacial score (nSPS) is 27.1. The Morgan fingerprint density at radius 1 is 1.08 bits per heavy atom. The average Bonchev–Trinajstić information content (AvgIpc) is 2.65. The van der Waals surface area contributed by atoms with E-state index in [9.17, 15) is 4.39 Å². The molecule has 0 aliphatic carbocycles. The summed E-state index contributed by atoms with van der Waals surface area (Å²) < 4.78 is 13.1. The Balaban J connectivity index is 1.40. The van der Waals surface area contributed by atoms with Crippen molar-refractivity contribution in [3.05, 3.63) is 48.5 Å². The van der Waals surface area contributed by atoms with Crippen LogP contribution in [-0.4, -0.2) is 51.8 Å². The van der Waals surface area contributed by atoms with Crippen molar-refractivity contribution < 1.29 is 4.39 Å². The number of anilines is 1. The van der Waals surface area contributed by atoms with E-state index in [0.29, 0.717) is 17.3 Å². The lowest BCUT2D eigenvalue weighted by molar-refractivity contribution is 0.108. The summed E-state index contributed by atoms with van der Waals surface area (Å²) in [5, 5.41) is 0.577. The quantitative estimate of drug-likeness (QED) is 0.839. The van der Waals surface area contributed by atoms with Crippen LogP contribution in [0.15, 0.2) is 47.6 Å². The molecule has 6 heteroatoms. The lowest BCUT2D eigenvalue weighted by Gasteiger charge is -2.50. The van der Waals surface area contributed by atoms with Crippen molar-refractivity contribution in [2.24, 2.45) is 0 Å². The zero-order valence-electron chi connectivity index (χ0n) is 14.4. The molecule has 2 aliphatic heterocycles. The van der Waals surface area contributed by atoms with Crippen LogP contribution in [0.1, 0.15) is 19.8 Å². The zero-order valence-corrected chi connectivity index (χ0v) is 15.2. The second-order valence-electron chi connectivity index (χ2n) is 6.82. The molecule has 1 aromatic heterocycles. The van der Waals surface area contributed by atoms with Crippen LogP contribution in [0, 0.1) is 5.82 Å². The highest BCUT2D eigenvalue weighted by atomic mass is 32.2. The lowest BCUT2D eigenvalue weighted by Crippen LogP contribution is -2.62. The second-order valence-corrected chi connectivity index (χ2v) is 8.19. The Morgan fingerprint density at radius 3 is 2.60 bits per heavy atom. The van der Waals surface area contributed by atoms with Gasteiger partial charge >= 0.3 is 0 Å². The fourth-order valence-electron chi connectivity index (χ4n) is 4.00. The lowest BCUT2D eigenvalue weighted by atomic mass is 9.93. The number of thioether (sulfide) groups is 1. The van der Waals surface area contributed by atoms with Crippen molar-refractivity contribution in [1.29, 1.82) is 0 Å². The van der Waals surface area contributed by atoms with Gasteiger partial charge in [0.2, 0.25) is 5.95 Å². The average molecular weight is 358 g/mol. The minimum atomic E-state index is -0.166. The maximum Gasteiger partial charge on any atom is 0.225 e. The molecule has 4 rings (SSSR count). The number of benzene rings is 1. The summed E-state index contributed by atoms with van der Waals surface area (Å²) in [6.07, 6.45) is 6.01. The fraction of sp³-hybridized carbons (Fsp3) is 0.474. The van der Waals surface area contributed by atoms with Crippen LogP contribution in [0.25, 0.3) is 0 Å². The molecule has 0 bridgehead atoms. The third-order valence-electron chi connectivity index (χ3n) is 5.29. The molecule has 0 saturated carbocycles. The molecular weight excluding hydrogens is 335 g/mol. The SMILES string of the molecule is CC1C2CCC(Sc3ccc(F)cc3)CN2CCN1c1ncccn1. The van der Waals surface area contributed by atoms with Crippen molar-refractivity contribution in [2.75, 3.05) is 24.5 Å². The predicted molar refractivity (Wildman–Crippen MR) is 99.5 cm³/mol. The van der Waals surface area contributed by atoms with Gasteiger partial charge in [0.25, 0.3) is 0 Å². The van der Waals surface area contributed by atoms with Gasteiger partial charge in [0.1, 0.15) is 5.82 Å². The van der Waals surface area contributed by atoms with Crippen molar-refractivity contribution in [3.8, 4) is 0 Å². The number of fused-ring (bicyclic) bond motifs is 1. The molecule has 25 heavy (non-hydrogen) atoms. The Kier molecular flexibility index (Phi) is 4.90. The van der Waals surface area contributed by atoms with E-state index < -0.39 is 0 Å². The van der Waals surface area contributed by atoms with Crippen molar-refractivity contribution in [3.63, 3.8) is 0 Å². The van der Waals surface area contributed by atoms with Crippen LogP contribution in [0.2, 0.25) is 0 Å². The maximum atomic E-state index is 13.1. The minimum Gasteiger partial charge on any atom is -0.335 e. The molecule has 0 amide bonds. The summed E-state index contributed by atoms with van der Waals surface area (Å²) in [6.45, 7) is 5.41. The first-order chi connectivity index (χ1) is 12.2. The van der Waals surface area contributed by atoms with E-state index in [4.69, 9.17) is 0 Å². The van der Waals surface area contributed by atoms with Gasteiger partial charge in [-0.2, -0.15) is 0 Å². The number of halogens is 1. The van der Waals surface area contributed by atoms with Gasteiger partial charge in [0.15, 0.2) is 0 Å². The number of nitrogens with zero attached hydrogens (tertiary/aromatic N) is 4. The molecule has 3 atom stereocenters. The molecular formula is C19H23FN4S. The van der Waals surface area contributed by atoms with E-state index in [1.807, 2.05) is 42.4 Å². The van der Waals surface area contributed by atoms with Gasteiger partial charge < -0.3 is 4.90 Å². The number of hydrogen-bond donors (Lipinski definition) is 0. The van der Waals surface area contributed by atoms with Gasteiger partial charge in [-0.15, -0.1) is 11.8 Å². The Bertz CT molecular complexity index is 696. The molecule has 2 fully saturated rings. The van der Waals surface area contributed by atoms with Gasteiger partial charge in [-0.3, -0.25) is 4.90 Å². The first kappa shape index (κ1) is 16.8. The van der Waals surface area contributed by atoms with Gasteiger partial charge in [-0.25, -0.2) is 14.4 Å². The highest BCUT2D eigenvalue weighted by Crippen LogP contribution is 2.35. The molecule has 1 aromatic carbocycles. The third-order valence-corrected chi connectivity index (χ3v) is 6.56. The molecule has 4 nitrogen and oxygen atoms in total. The summed E-state index contributed by atoms with van der Waals surface area (Å²) >= 11 is 1.88. The molecule has 2 saturated heterocycles. The zero-order chi connectivity index (χ0) is 17.2. The number of aromatic nitrogens is 2. The topological polar surface area (TPSA) is 32.3 Å². The molecule has 0 radical (unpaired) electrons. The van der Waals surface area contributed by atoms with Crippen LogP contribution in [0.3, 0.4) is 0 Å². The molecule has 3 heterocycles. The number of piperazine rings is 1. The Morgan fingerprint density at radius 2 is 1.84 bits per heavy atom. The summed E-state index contributed by atoms with van der Waals surface area (Å²) in [6, 6.07) is 9.72. The minimum absolute atomic E-state index is 0.166. The van der Waals surface area contributed by atoms with Crippen LogP contribution in [0.5, 0.6) is 0 Å². The van der Waals surface area contributed by atoms with Crippen LogP contribution in [0.4, 0.5) is 10.3 Å². The number of hydrogen-bond acceptors (Lipinski definition) is 5. The Hall–Kier alpha value is -1.66. The molecule has 2 aromatic rings. The second kappa shape index (κ2) is 7.30. The van der Waals surface area contributed by atoms with E-state index in [1.165, 1.54) is 12.8 Å². The van der Waals surface area contributed by atoms with E-state index in [-0.39, 0.29) is 5.82 Å². The molecule has 2 aliphatic rings. The highest BCUT2D eigenvalue weighted by molar-refractivity contribution is 8.00. The van der Waals surface area contributed by atoms with E-state index in [2.05, 4.69) is 26.7 Å². The number of piperidine rings is 1. The van der Waals surface area contributed by atoms with Gasteiger partial charge in [-0.05, 0) is 50.1 Å². The summed E-state index contributed by atoms with van der Waals surface area (Å²) in [4.78, 5) is 15.0. The standard InChI is InChI=1S/C19H23FN4S/c1-14-18-8-7-17(25-16-5-3-15(20)4-6-16)13-23(18)11-12-24(14)19-21-9-2-10-22-19/h2-6,9-10,14,17-18H,7-8,11-13H2,1H3. The van der Waals surface area contributed by atoms with Gasteiger partial charge in [0.05, 0.1) is 0 Å². The molecule has 0 N–H and O–H groups in total. The molecule has 3 unspecified atom stereocenters. The summed E-state index contributed by atoms with van der Waals surface area (Å²) in [7, 11) is 0. The van der Waals surface area contributed by atoms with Gasteiger partial charge in [-0.1, -0.05) is 0 Å². The van der Waals surface area contributed by atoms with E-state index in [1.54, 1.807) is 12.1 Å². The first-order valence-electron chi connectivity index (χ1n) is 8.90. The van der Waals surface area contributed by atoms with Crippen LogP contribution < -0.4 is 4.90 Å². The third kappa shape index (κ3) is 3.65. The monoisotopic (exact) mass is 358 g/mol. The fourth-order valence-corrected chi connectivity index (χ4v) is 5.20. The van der Waals surface area contributed by atoms with Crippen molar-refractivity contribution in [2.45, 2.75) is 42.0 Å².